The Morgan fingerprint density at radius 2 is 1.88 bits per heavy atom. The van der Waals surface area contributed by atoms with E-state index in [-0.39, 0.29) is 5.60 Å². The Kier molecular flexibility index (Phi) is 3.17. The highest BCUT2D eigenvalue weighted by atomic mass is 16.5. The van der Waals surface area contributed by atoms with Crippen LogP contribution in [0.1, 0.15) is 37.2 Å². The maximum absolute atomic E-state index is 6.12. The highest BCUT2D eigenvalue weighted by Crippen LogP contribution is 2.40. The maximum atomic E-state index is 6.12. The molecule has 1 unspecified atom stereocenters. The Labute approximate surface area is 103 Å². The van der Waals surface area contributed by atoms with E-state index in [1.165, 1.54) is 31.2 Å². The van der Waals surface area contributed by atoms with Gasteiger partial charge in [0.1, 0.15) is 0 Å². The van der Waals surface area contributed by atoms with Gasteiger partial charge in [-0.3, -0.25) is 0 Å². The van der Waals surface area contributed by atoms with Crippen LogP contribution in [0.4, 0.5) is 0 Å². The van der Waals surface area contributed by atoms with Gasteiger partial charge in [0.15, 0.2) is 0 Å². The van der Waals surface area contributed by atoms with Crippen LogP contribution in [-0.4, -0.2) is 25.3 Å². The molecule has 1 atom stereocenters. The lowest BCUT2D eigenvalue weighted by Crippen LogP contribution is -2.47. The van der Waals surface area contributed by atoms with E-state index >= 15 is 0 Å². The van der Waals surface area contributed by atoms with Crippen molar-refractivity contribution in [3.63, 3.8) is 0 Å². The smallest absolute Gasteiger partial charge is 0.0712 e. The standard InChI is InChI=1S/C15H21NO/c1-2-4-13(5-3-1)14-6-11-17-15(12-14)7-9-16-10-8-15/h1-5,14,16H,6-12H2. The van der Waals surface area contributed by atoms with Gasteiger partial charge in [-0.15, -0.1) is 0 Å². The van der Waals surface area contributed by atoms with Crippen LogP contribution in [0.15, 0.2) is 30.3 Å². The van der Waals surface area contributed by atoms with Crippen LogP contribution in [0.3, 0.4) is 0 Å². The minimum Gasteiger partial charge on any atom is -0.375 e. The summed E-state index contributed by atoms with van der Waals surface area (Å²) in [6.45, 7) is 3.16. The third-order valence-electron chi connectivity index (χ3n) is 4.28. The zero-order valence-corrected chi connectivity index (χ0v) is 10.3. The maximum Gasteiger partial charge on any atom is 0.0712 e. The fraction of sp³-hybridized carbons (Fsp3) is 0.600. The predicted octanol–water partition coefficient (Wildman–Crippen LogP) is 2.70. The lowest BCUT2D eigenvalue weighted by molar-refractivity contribution is -0.102. The molecule has 2 heteroatoms. The van der Waals surface area contributed by atoms with E-state index in [1.54, 1.807) is 0 Å². The molecule has 1 N–H and O–H groups in total. The third-order valence-corrected chi connectivity index (χ3v) is 4.28. The molecule has 0 bridgehead atoms. The van der Waals surface area contributed by atoms with E-state index in [1.807, 2.05) is 0 Å². The number of piperidine rings is 1. The molecule has 1 spiro atoms. The number of hydrogen-bond acceptors (Lipinski definition) is 2. The Morgan fingerprint density at radius 1 is 1.12 bits per heavy atom. The second-order valence-electron chi connectivity index (χ2n) is 5.38. The molecule has 0 saturated carbocycles. The van der Waals surface area contributed by atoms with E-state index in [2.05, 4.69) is 35.6 Å². The Morgan fingerprint density at radius 3 is 2.65 bits per heavy atom. The molecule has 17 heavy (non-hydrogen) atoms. The summed E-state index contributed by atoms with van der Waals surface area (Å²) in [4.78, 5) is 0. The third kappa shape index (κ3) is 2.38. The minimum absolute atomic E-state index is 0.171. The van der Waals surface area contributed by atoms with Crippen molar-refractivity contribution in [2.45, 2.75) is 37.2 Å². The quantitative estimate of drug-likeness (QED) is 0.802. The average Bonchev–Trinajstić information content (AvgIpc) is 2.41. The minimum atomic E-state index is 0.171. The van der Waals surface area contributed by atoms with E-state index in [9.17, 15) is 0 Å². The van der Waals surface area contributed by atoms with Crippen molar-refractivity contribution in [1.82, 2.24) is 5.32 Å². The van der Waals surface area contributed by atoms with Crippen molar-refractivity contribution in [2.24, 2.45) is 0 Å². The fourth-order valence-corrected chi connectivity index (χ4v) is 3.27. The molecule has 2 aliphatic heterocycles. The lowest BCUT2D eigenvalue weighted by Gasteiger charge is -2.43. The molecule has 1 aromatic carbocycles. The molecule has 2 heterocycles. The molecule has 2 nitrogen and oxygen atoms in total. The molecule has 2 aliphatic rings. The van der Waals surface area contributed by atoms with Gasteiger partial charge in [-0.25, -0.2) is 0 Å². The molecule has 2 fully saturated rings. The first-order valence-electron chi connectivity index (χ1n) is 6.78. The first-order chi connectivity index (χ1) is 8.38. The van der Waals surface area contributed by atoms with Gasteiger partial charge in [-0.1, -0.05) is 30.3 Å². The monoisotopic (exact) mass is 231 g/mol. The van der Waals surface area contributed by atoms with E-state index in [0.29, 0.717) is 5.92 Å². The van der Waals surface area contributed by atoms with E-state index in [4.69, 9.17) is 4.74 Å². The van der Waals surface area contributed by atoms with Crippen LogP contribution in [0.25, 0.3) is 0 Å². The van der Waals surface area contributed by atoms with Crippen molar-refractivity contribution < 1.29 is 4.74 Å². The topological polar surface area (TPSA) is 21.3 Å². The summed E-state index contributed by atoms with van der Waals surface area (Å²) in [6, 6.07) is 10.9. The Hall–Kier alpha value is -0.860. The zero-order valence-electron chi connectivity index (χ0n) is 10.3. The molecule has 0 amide bonds. The summed E-state index contributed by atoms with van der Waals surface area (Å²) in [6.07, 6.45) is 4.74. The van der Waals surface area contributed by atoms with Gasteiger partial charge in [-0.05, 0) is 50.3 Å². The first-order valence-corrected chi connectivity index (χ1v) is 6.78. The molecule has 2 saturated heterocycles. The zero-order chi connectivity index (χ0) is 11.6. The van der Waals surface area contributed by atoms with Gasteiger partial charge in [-0.2, -0.15) is 0 Å². The number of nitrogens with one attached hydrogen (secondary N) is 1. The van der Waals surface area contributed by atoms with Crippen molar-refractivity contribution in [1.29, 1.82) is 0 Å². The molecular formula is C15H21NO. The molecule has 3 rings (SSSR count). The van der Waals surface area contributed by atoms with Crippen LogP contribution in [-0.2, 0) is 4.74 Å². The molecular weight excluding hydrogens is 210 g/mol. The van der Waals surface area contributed by atoms with Crippen LogP contribution in [0.2, 0.25) is 0 Å². The molecule has 92 valence electrons. The number of hydrogen-bond donors (Lipinski definition) is 1. The molecule has 1 aromatic rings. The van der Waals surface area contributed by atoms with E-state index in [0.717, 1.165) is 19.7 Å². The highest BCUT2D eigenvalue weighted by molar-refractivity contribution is 5.21. The van der Waals surface area contributed by atoms with Gasteiger partial charge in [0, 0.05) is 6.61 Å². The Balaban J connectivity index is 1.75. The summed E-state index contributed by atoms with van der Waals surface area (Å²) >= 11 is 0. The molecule has 0 aromatic heterocycles. The van der Waals surface area contributed by atoms with Gasteiger partial charge in [0.25, 0.3) is 0 Å². The molecule has 0 aliphatic carbocycles. The molecule has 0 radical (unpaired) electrons. The van der Waals surface area contributed by atoms with Crippen LogP contribution >= 0.6 is 0 Å². The predicted molar refractivity (Wildman–Crippen MR) is 69.2 cm³/mol. The van der Waals surface area contributed by atoms with Crippen molar-refractivity contribution in [3.05, 3.63) is 35.9 Å². The summed E-state index contributed by atoms with van der Waals surface area (Å²) in [7, 11) is 0. The normalized spacial score (nSPS) is 28.1. The SMILES string of the molecule is c1ccc(C2CCOC3(CCNCC3)C2)cc1. The van der Waals surface area contributed by atoms with E-state index < -0.39 is 0 Å². The second kappa shape index (κ2) is 4.79. The van der Waals surface area contributed by atoms with Crippen molar-refractivity contribution >= 4 is 0 Å². The van der Waals surface area contributed by atoms with Crippen LogP contribution < -0.4 is 5.32 Å². The van der Waals surface area contributed by atoms with Crippen molar-refractivity contribution in [3.8, 4) is 0 Å². The number of rotatable bonds is 1. The second-order valence-corrected chi connectivity index (χ2v) is 5.38. The summed E-state index contributed by atoms with van der Waals surface area (Å²) in [5, 5.41) is 3.43. The number of ether oxygens (including phenoxy) is 1. The largest absolute Gasteiger partial charge is 0.375 e. The lowest BCUT2D eigenvalue weighted by atomic mass is 9.77. The van der Waals surface area contributed by atoms with Gasteiger partial charge >= 0.3 is 0 Å². The average molecular weight is 231 g/mol. The highest BCUT2D eigenvalue weighted by Gasteiger charge is 2.38. The van der Waals surface area contributed by atoms with Crippen LogP contribution in [0, 0.1) is 0 Å². The van der Waals surface area contributed by atoms with Crippen LogP contribution in [0.5, 0.6) is 0 Å². The Bertz CT molecular complexity index is 351. The number of benzene rings is 1. The summed E-state index contributed by atoms with van der Waals surface area (Å²) < 4.78 is 6.12. The van der Waals surface area contributed by atoms with Gasteiger partial charge in [0.2, 0.25) is 0 Å². The first kappa shape index (κ1) is 11.2. The summed E-state index contributed by atoms with van der Waals surface area (Å²) in [5.74, 6) is 0.697. The van der Waals surface area contributed by atoms with Gasteiger partial charge < -0.3 is 10.1 Å². The summed E-state index contributed by atoms with van der Waals surface area (Å²) in [5.41, 5.74) is 1.66. The van der Waals surface area contributed by atoms with Crippen molar-refractivity contribution in [2.75, 3.05) is 19.7 Å². The van der Waals surface area contributed by atoms with Gasteiger partial charge in [0.05, 0.1) is 5.60 Å². The fourth-order valence-electron chi connectivity index (χ4n) is 3.27.